The van der Waals surface area contributed by atoms with Crippen molar-refractivity contribution >= 4 is 34.0 Å². The highest BCUT2D eigenvalue weighted by molar-refractivity contribution is 6.05. The Bertz CT molecular complexity index is 1240. The van der Waals surface area contributed by atoms with Crippen LogP contribution in [0.5, 0.6) is 0 Å². The zero-order chi connectivity index (χ0) is 21.8. The van der Waals surface area contributed by atoms with Crippen LogP contribution in [-0.2, 0) is 0 Å². The first-order valence-corrected chi connectivity index (χ1v) is 10.1. The number of urea groups is 1. The van der Waals surface area contributed by atoms with Crippen molar-refractivity contribution in [3.8, 4) is 11.1 Å². The molecule has 0 unspecified atom stereocenters. The second-order valence-corrected chi connectivity index (χ2v) is 7.26. The number of nitrogens with one attached hydrogen (secondary N) is 3. The summed E-state index contributed by atoms with van der Waals surface area (Å²) in [4.78, 5) is 25.1. The van der Waals surface area contributed by atoms with E-state index in [4.69, 9.17) is 0 Å². The molecule has 156 valence electrons. The van der Waals surface area contributed by atoms with Gasteiger partial charge >= 0.3 is 6.03 Å². The predicted molar refractivity (Wildman–Crippen MR) is 125 cm³/mol. The summed E-state index contributed by atoms with van der Waals surface area (Å²) in [6.07, 6.45) is 5.38. The van der Waals surface area contributed by atoms with Gasteiger partial charge in [0.25, 0.3) is 0 Å². The van der Waals surface area contributed by atoms with Crippen LogP contribution < -0.4 is 16.0 Å². The summed E-state index contributed by atoms with van der Waals surface area (Å²) in [6, 6.07) is 13.7. The van der Waals surface area contributed by atoms with Gasteiger partial charge in [0, 0.05) is 41.4 Å². The molecule has 3 heterocycles. The lowest BCUT2D eigenvalue weighted by Gasteiger charge is -2.15. The number of amides is 2. The number of anilines is 3. The molecule has 7 heteroatoms. The summed E-state index contributed by atoms with van der Waals surface area (Å²) in [7, 11) is 0. The number of hydrogen-bond acceptors (Lipinski definition) is 5. The SMILES string of the molecule is CCNC(=O)Nc1cc2c(-c3ccnc(C)c3)ccc(Nc3ccc(C)nc3)c2cn1. The van der Waals surface area contributed by atoms with Crippen molar-refractivity contribution in [2.45, 2.75) is 20.8 Å². The van der Waals surface area contributed by atoms with Crippen LogP contribution >= 0.6 is 0 Å². The van der Waals surface area contributed by atoms with E-state index in [0.29, 0.717) is 12.4 Å². The molecule has 4 aromatic rings. The number of fused-ring (bicyclic) bond motifs is 1. The van der Waals surface area contributed by atoms with Gasteiger partial charge in [-0.2, -0.15) is 0 Å². The molecule has 0 spiro atoms. The van der Waals surface area contributed by atoms with Crippen molar-refractivity contribution in [3.05, 3.63) is 72.4 Å². The smallest absolute Gasteiger partial charge is 0.320 e. The first kappa shape index (κ1) is 20.3. The molecular weight excluding hydrogens is 388 g/mol. The maximum atomic E-state index is 12.0. The third kappa shape index (κ3) is 4.61. The van der Waals surface area contributed by atoms with Crippen LogP contribution in [-0.4, -0.2) is 27.5 Å². The van der Waals surface area contributed by atoms with Crippen LogP contribution in [0, 0.1) is 13.8 Å². The standard InChI is InChI=1S/C24H24N6O/c1-4-25-24(31)30-23-12-20-19(17-9-10-26-16(3)11-17)7-8-22(21(20)14-28-23)29-18-6-5-15(2)27-13-18/h5-14,29H,4H2,1-3H3,(H2,25,28,30,31). The van der Waals surface area contributed by atoms with E-state index in [9.17, 15) is 4.79 Å². The molecule has 4 rings (SSSR count). The predicted octanol–water partition coefficient (Wildman–Crippen LogP) is 5.19. The molecule has 0 aliphatic heterocycles. The molecule has 31 heavy (non-hydrogen) atoms. The lowest BCUT2D eigenvalue weighted by atomic mass is 9.98. The minimum absolute atomic E-state index is 0.282. The molecule has 0 radical (unpaired) electrons. The molecule has 3 aromatic heterocycles. The molecule has 3 N–H and O–H groups in total. The number of carbonyl (C=O) groups excluding carboxylic acids is 1. The average Bonchev–Trinajstić information content (AvgIpc) is 2.75. The van der Waals surface area contributed by atoms with Crippen LogP contribution in [0.1, 0.15) is 18.3 Å². The van der Waals surface area contributed by atoms with E-state index >= 15 is 0 Å². The first-order valence-electron chi connectivity index (χ1n) is 10.1. The molecule has 7 nitrogen and oxygen atoms in total. The Hall–Kier alpha value is -4.00. The van der Waals surface area contributed by atoms with E-state index in [-0.39, 0.29) is 6.03 Å². The van der Waals surface area contributed by atoms with Crippen molar-refractivity contribution in [2.75, 3.05) is 17.2 Å². The van der Waals surface area contributed by atoms with E-state index in [1.54, 1.807) is 18.6 Å². The molecule has 1 aromatic carbocycles. The Labute approximate surface area is 181 Å². The van der Waals surface area contributed by atoms with Gasteiger partial charge in [-0.25, -0.2) is 9.78 Å². The van der Waals surface area contributed by atoms with Crippen molar-refractivity contribution in [2.24, 2.45) is 0 Å². The summed E-state index contributed by atoms with van der Waals surface area (Å²) in [5, 5.41) is 10.9. The summed E-state index contributed by atoms with van der Waals surface area (Å²) in [5.74, 6) is 0.486. The number of rotatable bonds is 5. The van der Waals surface area contributed by atoms with Crippen molar-refractivity contribution in [1.82, 2.24) is 20.3 Å². The number of pyridine rings is 3. The number of benzene rings is 1. The number of aryl methyl sites for hydroxylation is 2. The molecule has 0 bridgehead atoms. The maximum absolute atomic E-state index is 12.0. The Morgan fingerprint density at radius 3 is 2.52 bits per heavy atom. The Morgan fingerprint density at radius 2 is 1.77 bits per heavy atom. The molecular formula is C24H24N6O. The minimum Gasteiger partial charge on any atom is -0.354 e. The highest BCUT2D eigenvalue weighted by Crippen LogP contribution is 2.35. The van der Waals surface area contributed by atoms with E-state index in [1.807, 2.05) is 57.2 Å². The van der Waals surface area contributed by atoms with Crippen molar-refractivity contribution in [3.63, 3.8) is 0 Å². The van der Waals surface area contributed by atoms with Gasteiger partial charge in [0.1, 0.15) is 5.82 Å². The van der Waals surface area contributed by atoms with Crippen LogP contribution in [0.3, 0.4) is 0 Å². The van der Waals surface area contributed by atoms with Gasteiger partial charge in [-0.1, -0.05) is 6.07 Å². The largest absolute Gasteiger partial charge is 0.354 e. The van der Waals surface area contributed by atoms with E-state index < -0.39 is 0 Å². The molecule has 0 fully saturated rings. The van der Waals surface area contributed by atoms with Gasteiger partial charge in [-0.15, -0.1) is 0 Å². The lowest BCUT2D eigenvalue weighted by molar-refractivity contribution is 0.252. The summed E-state index contributed by atoms with van der Waals surface area (Å²) in [5.41, 5.74) is 5.79. The van der Waals surface area contributed by atoms with Crippen LogP contribution in [0.2, 0.25) is 0 Å². The fourth-order valence-electron chi connectivity index (χ4n) is 3.40. The third-order valence-corrected chi connectivity index (χ3v) is 4.88. The molecule has 0 aliphatic carbocycles. The zero-order valence-electron chi connectivity index (χ0n) is 17.7. The van der Waals surface area contributed by atoms with Gasteiger partial charge in [0.2, 0.25) is 0 Å². The summed E-state index contributed by atoms with van der Waals surface area (Å²) in [6.45, 7) is 6.34. The van der Waals surface area contributed by atoms with E-state index in [0.717, 1.165) is 44.7 Å². The van der Waals surface area contributed by atoms with Gasteiger partial charge < -0.3 is 10.6 Å². The van der Waals surface area contributed by atoms with Crippen LogP contribution in [0.15, 0.2) is 61.1 Å². The monoisotopic (exact) mass is 412 g/mol. The van der Waals surface area contributed by atoms with Crippen molar-refractivity contribution in [1.29, 1.82) is 0 Å². The Balaban J connectivity index is 1.82. The van der Waals surface area contributed by atoms with Crippen molar-refractivity contribution < 1.29 is 4.79 Å². The normalized spacial score (nSPS) is 10.7. The number of nitrogens with zero attached hydrogens (tertiary/aromatic N) is 3. The van der Waals surface area contributed by atoms with Gasteiger partial charge in [-0.05, 0) is 73.7 Å². The lowest BCUT2D eigenvalue weighted by Crippen LogP contribution is -2.28. The van der Waals surface area contributed by atoms with Crippen LogP contribution in [0.25, 0.3) is 21.9 Å². The summed E-state index contributed by atoms with van der Waals surface area (Å²) >= 11 is 0. The molecule has 0 aliphatic rings. The zero-order valence-corrected chi connectivity index (χ0v) is 17.7. The number of carbonyl (C=O) groups is 1. The van der Waals surface area contributed by atoms with E-state index in [2.05, 4.69) is 37.0 Å². The quantitative estimate of drug-likeness (QED) is 0.419. The molecule has 2 amide bonds. The topological polar surface area (TPSA) is 91.8 Å². The van der Waals surface area contributed by atoms with Gasteiger partial charge in [0.15, 0.2) is 0 Å². The maximum Gasteiger partial charge on any atom is 0.320 e. The second-order valence-electron chi connectivity index (χ2n) is 7.26. The summed E-state index contributed by atoms with van der Waals surface area (Å²) < 4.78 is 0. The fraction of sp³-hybridized carbons (Fsp3) is 0.167. The van der Waals surface area contributed by atoms with E-state index in [1.165, 1.54) is 0 Å². The highest BCUT2D eigenvalue weighted by Gasteiger charge is 2.12. The molecule has 0 saturated heterocycles. The second kappa shape index (κ2) is 8.79. The van der Waals surface area contributed by atoms with Crippen LogP contribution in [0.4, 0.5) is 22.0 Å². The average molecular weight is 412 g/mol. The first-order chi connectivity index (χ1) is 15.0. The Kier molecular flexibility index (Phi) is 5.75. The van der Waals surface area contributed by atoms with Gasteiger partial charge in [-0.3, -0.25) is 15.3 Å². The highest BCUT2D eigenvalue weighted by atomic mass is 16.2. The number of aromatic nitrogens is 3. The minimum atomic E-state index is -0.282. The third-order valence-electron chi connectivity index (χ3n) is 4.88. The number of hydrogen-bond donors (Lipinski definition) is 3. The molecule has 0 saturated carbocycles. The van der Waals surface area contributed by atoms with Gasteiger partial charge in [0.05, 0.1) is 11.9 Å². The fourth-order valence-corrected chi connectivity index (χ4v) is 3.40. The Morgan fingerprint density at radius 1 is 0.903 bits per heavy atom. The molecule has 0 atom stereocenters.